The van der Waals surface area contributed by atoms with Gasteiger partial charge in [-0.2, -0.15) is 0 Å². The monoisotopic (exact) mass is 523 g/mol. The quantitative estimate of drug-likeness (QED) is 0.284. The topological polar surface area (TPSA) is 56.3 Å². The van der Waals surface area contributed by atoms with Crippen LogP contribution >= 0.6 is 0 Å². The molecule has 39 heavy (non-hydrogen) atoms. The van der Waals surface area contributed by atoms with E-state index in [4.69, 9.17) is 14.5 Å². The first-order chi connectivity index (χ1) is 18.8. The summed E-state index contributed by atoms with van der Waals surface area (Å²) in [4.78, 5) is 9.58. The molecule has 1 N–H and O–H groups in total. The van der Waals surface area contributed by atoms with Gasteiger partial charge < -0.3 is 14.8 Å². The second kappa shape index (κ2) is 12.3. The van der Waals surface area contributed by atoms with Crippen molar-refractivity contribution in [2.75, 3.05) is 19.5 Å². The van der Waals surface area contributed by atoms with E-state index in [1.54, 1.807) is 14.2 Å². The zero-order valence-electron chi connectivity index (χ0n) is 24.6. The molecule has 0 aliphatic heterocycles. The maximum atomic E-state index is 5.93. The number of methoxy groups -OCH3 is 2. The lowest BCUT2D eigenvalue weighted by atomic mass is 9.90. The number of ether oxygens (including phenoxy) is 2. The first-order valence-electron chi connectivity index (χ1n) is 13.8. The summed E-state index contributed by atoms with van der Waals surface area (Å²) in [5.41, 5.74) is 8.96. The highest BCUT2D eigenvalue weighted by Crippen LogP contribution is 2.43. The van der Waals surface area contributed by atoms with Crippen LogP contribution in [0.15, 0.2) is 83.2 Å². The molecule has 1 aromatic heterocycles. The minimum absolute atomic E-state index is 0.239. The maximum Gasteiger partial charge on any atom is 0.227 e. The lowest BCUT2D eigenvalue weighted by molar-refractivity contribution is 0.396. The molecule has 4 rings (SSSR count). The molecule has 0 saturated carbocycles. The zero-order chi connectivity index (χ0) is 28.1. The van der Waals surface area contributed by atoms with Crippen LogP contribution in [0.25, 0.3) is 22.0 Å². The van der Waals surface area contributed by atoms with Crippen molar-refractivity contribution in [3.63, 3.8) is 0 Å². The van der Waals surface area contributed by atoms with Crippen LogP contribution < -0.4 is 14.8 Å². The molecule has 204 valence electrons. The molecule has 3 aromatic rings. The van der Waals surface area contributed by atoms with E-state index in [1.165, 1.54) is 16.7 Å². The van der Waals surface area contributed by atoms with Crippen molar-refractivity contribution < 1.29 is 9.47 Å². The Morgan fingerprint density at radius 3 is 2.38 bits per heavy atom. The Labute approximate surface area is 233 Å². The summed E-state index contributed by atoms with van der Waals surface area (Å²) in [6.07, 6.45) is 12.8. The SMILES string of the molecule is CC/C(C)=C\C(C)c1cc(OC)c(-c2cccc3cnc(NC4=CC(C)/C(=C(/C)CC)C=C4)nc23)c(OC)c1. The average Bonchev–Trinajstić information content (AvgIpc) is 2.95. The number of benzene rings is 2. The van der Waals surface area contributed by atoms with Crippen LogP contribution in [0.5, 0.6) is 11.5 Å². The van der Waals surface area contributed by atoms with E-state index in [9.17, 15) is 0 Å². The second-order valence-electron chi connectivity index (χ2n) is 10.4. The van der Waals surface area contributed by atoms with E-state index in [1.807, 2.05) is 18.3 Å². The second-order valence-corrected chi connectivity index (χ2v) is 10.4. The number of fused-ring (bicyclic) bond motifs is 1. The molecule has 0 fully saturated rings. The van der Waals surface area contributed by atoms with Gasteiger partial charge in [-0.25, -0.2) is 9.97 Å². The standard InChI is InChI=1S/C34H41N3O2/c1-9-21(3)16-23(5)26-18-30(38-7)32(31(19-26)39-8)29-13-11-12-25-20-35-34(37-33(25)29)36-27-14-15-28(22(4)10-2)24(6)17-27/h11-20,23-24H,9-10H2,1-8H3,(H,35,36,37)/b21-16-,28-22-. The molecule has 0 amide bonds. The largest absolute Gasteiger partial charge is 0.496 e. The van der Waals surface area contributed by atoms with Gasteiger partial charge in [0.25, 0.3) is 0 Å². The van der Waals surface area contributed by atoms with Crippen molar-refractivity contribution in [2.24, 2.45) is 5.92 Å². The summed E-state index contributed by atoms with van der Waals surface area (Å²) in [7, 11) is 3.41. The Bertz CT molecular complexity index is 1450. The van der Waals surface area contributed by atoms with Gasteiger partial charge in [-0.15, -0.1) is 0 Å². The molecule has 1 aliphatic rings. The number of hydrogen-bond donors (Lipinski definition) is 1. The predicted molar refractivity (Wildman–Crippen MR) is 164 cm³/mol. The number of rotatable bonds is 9. The molecule has 5 nitrogen and oxygen atoms in total. The van der Waals surface area contributed by atoms with Gasteiger partial charge in [0.1, 0.15) is 11.5 Å². The molecule has 2 aromatic carbocycles. The lowest BCUT2D eigenvalue weighted by Gasteiger charge is -2.20. The van der Waals surface area contributed by atoms with E-state index in [-0.39, 0.29) is 5.92 Å². The third kappa shape index (κ3) is 6.08. The summed E-state index contributed by atoms with van der Waals surface area (Å²) in [6, 6.07) is 10.3. The third-order valence-electron chi connectivity index (χ3n) is 7.67. The minimum Gasteiger partial charge on any atom is -0.496 e. The number of nitrogens with zero attached hydrogens (tertiary/aromatic N) is 2. The highest BCUT2D eigenvalue weighted by Gasteiger charge is 2.20. The number of para-hydroxylation sites is 1. The van der Waals surface area contributed by atoms with E-state index in [0.29, 0.717) is 11.9 Å². The molecule has 0 spiro atoms. The number of aromatic nitrogens is 2. The molecule has 0 saturated heterocycles. The van der Waals surface area contributed by atoms with Gasteiger partial charge in [0.15, 0.2) is 0 Å². The van der Waals surface area contributed by atoms with Crippen molar-refractivity contribution in [3.8, 4) is 22.6 Å². The van der Waals surface area contributed by atoms with Crippen LogP contribution in [0.2, 0.25) is 0 Å². The van der Waals surface area contributed by atoms with Gasteiger partial charge in [-0.3, -0.25) is 0 Å². The van der Waals surface area contributed by atoms with Crippen molar-refractivity contribution in [1.82, 2.24) is 9.97 Å². The fourth-order valence-electron chi connectivity index (χ4n) is 5.11. The van der Waals surface area contributed by atoms with Gasteiger partial charge >= 0.3 is 0 Å². The van der Waals surface area contributed by atoms with Crippen LogP contribution in [0.4, 0.5) is 5.95 Å². The summed E-state index contributed by atoms with van der Waals surface area (Å²) < 4.78 is 11.9. The van der Waals surface area contributed by atoms with Crippen molar-refractivity contribution in [1.29, 1.82) is 0 Å². The summed E-state index contributed by atoms with van der Waals surface area (Å²) in [5.74, 6) is 2.65. The van der Waals surface area contributed by atoms with Gasteiger partial charge in [0.05, 0.1) is 25.3 Å². The molecular weight excluding hydrogens is 482 g/mol. The van der Waals surface area contributed by atoms with Gasteiger partial charge in [-0.05, 0) is 62.0 Å². The number of allylic oxidation sites excluding steroid dienone is 7. The zero-order valence-corrected chi connectivity index (χ0v) is 24.6. The maximum absolute atomic E-state index is 5.93. The molecule has 0 bridgehead atoms. The Balaban J connectivity index is 1.77. The van der Waals surface area contributed by atoms with Crippen LogP contribution in [-0.2, 0) is 0 Å². The average molecular weight is 524 g/mol. The molecule has 1 heterocycles. The number of hydrogen-bond acceptors (Lipinski definition) is 5. The Hall–Kier alpha value is -3.86. The van der Waals surface area contributed by atoms with E-state index < -0.39 is 0 Å². The number of anilines is 1. The fourth-order valence-corrected chi connectivity index (χ4v) is 5.11. The smallest absolute Gasteiger partial charge is 0.227 e. The van der Waals surface area contributed by atoms with E-state index in [2.05, 4.69) is 94.3 Å². The van der Waals surface area contributed by atoms with Crippen LogP contribution in [0, 0.1) is 5.92 Å². The summed E-state index contributed by atoms with van der Waals surface area (Å²) >= 11 is 0. The first kappa shape index (κ1) is 28.2. The predicted octanol–water partition coefficient (Wildman–Crippen LogP) is 9.00. The molecule has 2 atom stereocenters. The molecule has 2 unspecified atom stereocenters. The van der Waals surface area contributed by atoms with Gasteiger partial charge in [-0.1, -0.05) is 75.3 Å². The van der Waals surface area contributed by atoms with Gasteiger partial charge in [0, 0.05) is 28.8 Å². The van der Waals surface area contributed by atoms with Crippen LogP contribution in [-0.4, -0.2) is 24.2 Å². The lowest BCUT2D eigenvalue weighted by Crippen LogP contribution is -2.09. The number of nitrogens with one attached hydrogen (secondary N) is 1. The third-order valence-corrected chi connectivity index (χ3v) is 7.67. The van der Waals surface area contributed by atoms with Crippen LogP contribution in [0.1, 0.15) is 65.9 Å². The minimum atomic E-state index is 0.239. The first-order valence-corrected chi connectivity index (χ1v) is 13.8. The molecule has 5 heteroatoms. The van der Waals surface area contributed by atoms with E-state index in [0.717, 1.165) is 57.6 Å². The Morgan fingerprint density at radius 1 is 1.05 bits per heavy atom. The summed E-state index contributed by atoms with van der Waals surface area (Å²) in [5, 5.41) is 4.38. The molecular formula is C34H41N3O2. The molecule has 0 radical (unpaired) electrons. The van der Waals surface area contributed by atoms with Crippen molar-refractivity contribution in [3.05, 3.63) is 88.8 Å². The Morgan fingerprint density at radius 2 is 1.77 bits per heavy atom. The normalized spacial score (nSPS) is 17.6. The van der Waals surface area contributed by atoms with Gasteiger partial charge in [0.2, 0.25) is 5.95 Å². The van der Waals surface area contributed by atoms with E-state index >= 15 is 0 Å². The van der Waals surface area contributed by atoms with Crippen molar-refractivity contribution >= 4 is 16.9 Å². The fraction of sp³-hybridized carbons (Fsp3) is 0.353. The Kier molecular flexibility index (Phi) is 8.90. The molecule has 1 aliphatic carbocycles. The highest BCUT2D eigenvalue weighted by atomic mass is 16.5. The van der Waals surface area contributed by atoms with Crippen LogP contribution in [0.3, 0.4) is 0 Å². The van der Waals surface area contributed by atoms with Crippen molar-refractivity contribution in [2.45, 2.75) is 60.3 Å². The summed E-state index contributed by atoms with van der Waals surface area (Å²) in [6.45, 7) is 13.2. The highest BCUT2D eigenvalue weighted by molar-refractivity contribution is 5.97.